The van der Waals surface area contributed by atoms with E-state index in [9.17, 15) is 9.18 Å². The average molecular weight is 387 g/mol. The molecule has 0 aromatic heterocycles. The van der Waals surface area contributed by atoms with E-state index in [0.717, 1.165) is 43.6 Å². The molecule has 0 spiro atoms. The first-order valence-corrected chi connectivity index (χ1v) is 9.59. The Morgan fingerprint density at radius 2 is 1.71 bits per heavy atom. The van der Waals surface area contributed by atoms with Crippen LogP contribution in [0.15, 0.2) is 54.6 Å². The predicted octanol–water partition coefficient (Wildman–Crippen LogP) is 3.50. The van der Waals surface area contributed by atoms with Gasteiger partial charge in [0.05, 0.1) is 12.7 Å². The molecule has 2 aromatic carbocycles. The number of halogens is 1. The molecule has 1 saturated heterocycles. The van der Waals surface area contributed by atoms with Gasteiger partial charge in [-0.25, -0.2) is 9.18 Å². The van der Waals surface area contributed by atoms with Crippen LogP contribution in [-0.4, -0.2) is 54.9 Å². The molecule has 1 aliphatic rings. The lowest BCUT2D eigenvalue weighted by atomic mass is 10.00. The van der Waals surface area contributed by atoms with Crippen molar-refractivity contribution in [2.75, 3.05) is 32.8 Å². The second kappa shape index (κ2) is 10.3. The summed E-state index contributed by atoms with van der Waals surface area (Å²) in [7, 11) is 0. The van der Waals surface area contributed by atoms with E-state index in [2.05, 4.69) is 4.90 Å². The first kappa shape index (κ1) is 20.5. The zero-order valence-corrected chi connectivity index (χ0v) is 15.8. The first-order valence-electron chi connectivity index (χ1n) is 9.59. The third-order valence-electron chi connectivity index (χ3n) is 4.92. The quantitative estimate of drug-likeness (QED) is 0.668. The summed E-state index contributed by atoms with van der Waals surface area (Å²) >= 11 is 0. The van der Waals surface area contributed by atoms with E-state index in [4.69, 9.17) is 14.6 Å². The molecule has 28 heavy (non-hydrogen) atoms. The van der Waals surface area contributed by atoms with Crippen molar-refractivity contribution in [3.63, 3.8) is 0 Å². The molecule has 5 nitrogen and oxygen atoms in total. The van der Waals surface area contributed by atoms with Gasteiger partial charge in [0.25, 0.3) is 0 Å². The van der Waals surface area contributed by atoms with Crippen LogP contribution in [-0.2, 0) is 14.3 Å². The third kappa shape index (κ3) is 6.12. The lowest BCUT2D eigenvalue weighted by Crippen LogP contribution is -2.39. The highest BCUT2D eigenvalue weighted by Crippen LogP contribution is 2.30. The predicted molar refractivity (Wildman–Crippen MR) is 104 cm³/mol. The molecular formula is C22H26FNO4. The molecule has 1 heterocycles. The van der Waals surface area contributed by atoms with Gasteiger partial charge in [-0.15, -0.1) is 0 Å². The summed E-state index contributed by atoms with van der Waals surface area (Å²) in [6.07, 6.45) is 1.68. The molecule has 0 amide bonds. The van der Waals surface area contributed by atoms with Crippen molar-refractivity contribution in [3.8, 4) is 0 Å². The van der Waals surface area contributed by atoms with Gasteiger partial charge in [0, 0.05) is 19.6 Å². The molecule has 1 atom stereocenters. The van der Waals surface area contributed by atoms with Gasteiger partial charge in [0.15, 0.2) is 0 Å². The van der Waals surface area contributed by atoms with E-state index in [1.807, 2.05) is 30.3 Å². The molecule has 1 fully saturated rings. The van der Waals surface area contributed by atoms with Crippen LogP contribution in [0.4, 0.5) is 4.39 Å². The highest BCUT2D eigenvalue weighted by molar-refractivity contribution is 5.67. The van der Waals surface area contributed by atoms with Crippen LogP contribution in [0.1, 0.15) is 30.1 Å². The summed E-state index contributed by atoms with van der Waals surface area (Å²) < 4.78 is 24.9. The molecule has 0 radical (unpaired) electrons. The lowest BCUT2D eigenvalue weighted by molar-refractivity contribution is -0.142. The number of carbonyl (C=O) groups is 1. The van der Waals surface area contributed by atoms with Gasteiger partial charge in [-0.2, -0.15) is 0 Å². The highest BCUT2D eigenvalue weighted by Gasteiger charge is 2.24. The van der Waals surface area contributed by atoms with Gasteiger partial charge in [-0.1, -0.05) is 42.5 Å². The van der Waals surface area contributed by atoms with Gasteiger partial charge in [-0.3, -0.25) is 0 Å². The molecule has 2 aromatic rings. The van der Waals surface area contributed by atoms with Crippen molar-refractivity contribution in [3.05, 3.63) is 71.5 Å². The Balaban J connectivity index is 1.55. The Morgan fingerprint density at radius 1 is 1.07 bits per heavy atom. The van der Waals surface area contributed by atoms with Gasteiger partial charge >= 0.3 is 5.97 Å². The zero-order valence-electron chi connectivity index (χ0n) is 15.8. The maximum atomic E-state index is 13.3. The van der Waals surface area contributed by atoms with Crippen molar-refractivity contribution in [1.82, 2.24) is 4.90 Å². The Labute approximate surface area is 164 Å². The number of aliphatic carboxylic acids is 1. The van der Waals surface area contributed by atoms with Gasteiger partial charge in [0.2, 0.25) is 0 Å². The Hall–Kier alpha value is -2.28. The number of benzene rings is 2. The normalized spacial score (nSPS) is 16.8. The number of rotatable bonds is 9. The molecule has 1 aliphatic heterocycles. The number of hydrogen-bond acceptors (Lipinski definition) is 4. The standard InChI is InChI=1S/C22H26FNO4/c23-19-8-6-18(7-9-19)22(17-4-2-1-3-5-17)28-20-10-12-24(13-11-20)14-15-27-16-21(25)26/h1-9,20,22H,10-16H2,(H,25,26). The fraction of sp³-hybridized carbons (Fsp3) is 0.409. The largest absolute Gasteiger partial charge is 0.480 e. The minimum atomic E-state index is -0.945. The number of carboxylic acids is 1. The number of nitrogens with zero attached hydrogens (tertiary/aromatic N) is 1. The second-order valence-corrected chi connectivity index (χ2v) is 6.97. The van der Waals surface area contributed by atoms with E-state index >= 15 is 0 Å². The molecule has 3 rings (SSSR count). The topological polar surface area (TPSA) is 59.0 Å². The summed E-state index contributed by atoms with van der Waals surface area (Å²) in [5.74, 6) is -1.20. The van der Waals surface area contributed by atoms with E-state index in [1.54, 1.807) is 12.1 Å². The Bertz CT molecular complexity index is 730. The van der Waals surface area contributed by atoms with Gasteiger partial charge in [-0.05, 0) is 36.1 Å². The summed E-state index contributed by atoms with van der Waals surface area (Å²) in [5, 5.41) is 8.60. The average Bonchev–Trinajstić information content (AvgIpc) is 2.72. The molecule has 1 unspecified atom stereocenters. The van der Waals surface area contributed by atoms with Gasteiger partial charge < -0.3 is 19.5 Å². The molecular weight excluding hydrogens is 361 g/mol. The van der Waals surface area contributed by atoms with Crippen LogP contribution in [0.3, 0.4) is 0 Å². The maximum absolute atomic E-state index is 13.3. The number of hydrogen-bond donors (Lipinski definition) is 1. The van der Waals surface area contributed by atoms with Crippen LogP contribution in [0.25, 0.3) is 0 Å². The van der Waals surface area contributed by atoms with Crippen LogP contribution in [0, 0.1) is 5.82 Å². The second-order valence-electron chi connectivity index (χ2n) is 6.97. The van der Waals surface area contributed by atoms with Crippen molar-refractivity contribution in [1.29, 1.82) is 0 Å². The monoisotopic (exact) mass is 387 g/mol. The minimum absolute atomic E-state index is 0.117. The Kier molecular flexibility index (Phi) is 7.54. The van der Waals surface area contributed by atoms with Crippen molar-refractivity contribution in [2.45, 2.75) is 25.0 Å². The highest BCUT2D eigenvalue weighted by atomic mass is 19.1. The lowest BCUT2D eigenvalue weighted by Gasteiger charge is -2.34. The summed E-state index contributed by atoms with van der Waals surface area (Å²) in [5.41, 5.74) is 2.00. The molecule has 0 bridgehead atoms. The number of carboxylic acid groups (broad SMARTS) is 1. The van der Waals surface area contributed by atoms with Crippen LogP contribution < -0.4 is 0 Å². The molecule has 150 valence electrons. The van der Waals surface area contributed by atoms with E-state index in [1.165, 1.54) is 12.1 Å². The molecule has 1 N–H and O–H groups in total. The Morgan fingerprint density at radius 3 is 2.36 bits per heavy atom. The van der Waals surface area contributed by atoms with Gasteiger partial charge in [0.1, 0.15) is 18.5 Å². The summed E-state index contributed by atoms with van der Waals surface area (Å²) in [4.78, 5) is 12.7. The van der Waals surface area contributed by atoms with Crippen LogP contribution >= 0.6 is 0 Å². The van der Waals surface area contributed by atoms with E-state index in [-0.39, 0.29) is 24.6 Å². The SMILES string of the molecule is O=C(O)COCCN1CCC(OC(c2ccccc2)c2ccc(F)cc2)CC1. The minimum Gasteiger partial charge on any atom is -0.480 e. The van der Waals surface area contributed by atoms with Crippen molar-refractivity contribution in [2.24, 2.45) is 0 Å². The molecule has 0 aliphatic carbocycles. The smallest absolute Gasteiger partial charge is 0.329 e. The number of piperidine rings is 1. The molecule has 0 saturated carbocycles. The summed E-state index contributed by atoms with van der Waals surface area (Å²) in [6.45, 7) is 2.65. The van der Waals surface area contributed by atoms with Crippen LogP contribution in [0.5, 0.6) is 0 Å². The van der Waals surface area contributed by atoms with Crippen molar-refractivity contribution < 1.29 is 23.8 Å². The third-order valence-corrected chi connectivity index (χ3v) is 4.92. The zero-order chi connectivity index (χ0) is 19.8. The first-order chi connectivity index (χ1) is 13.6. The number of ether oxygens (including phenoxy) is 2. The number of likely N-dealkylation sites (tertiary alicyclic amines) is 1. The van der Waals surface area contributed by atoms with E-state index < -0.39 is 5.97 Å². The van der Waals surface area contributed by atoms with E-state index in [0.29, 0.717) is 6.61 Å². The van der Waals surface area contributed by atoms with Crippen LogP contribution in [0.2, 0.25) is 0 Å². The maximum Gasteiger partial charge on any atom is 0.329 e. The van der Waals surface area contributed by atoms with Crippen molar-refractivity contribution >= 4 is 5.97 Å². The molecule has 6 heteroatoms. The summed E-state index contributed by atoms with van der Waals surface area (Å²) in [6, 6.07) is 16.5. The fourth-order valence-electron chi connectivity index (χ4n) is 3.43. The fourth-order valence-corrected chi connectivity index (χ4v) is 3.43.